The Labute approximate surface area is 130 Å². The minimum absolute atomic E-state index is 0.647. The van der Waals surface area contributed by atoms with Crippen LogP contribution >= 0.6 is 11.6 Å². The molecule has 20 heavy (non-hydrogen) atoms. The molecule has 1 aromatic rings. The van der Waals surface area contributed by atoms with Crippen LogP contribution in [0.3, 0.4) is 0 Å². The number of aryl methyl sites for hydroxylation is 1. The summed E-state index contributed by atoms with van der Waals surface area (Å²) in [6.45, 7) is 4.48. The van der Waals surface area contributed by atoms with Crippen molar-refractivity contribution in [3.05, 3.63) is 35.4 Å². The van der Waals surface area contributed by atoms with E-state index in [2.05, 4.69) is 38.1 Å². The number of hydrogen-bond donors (Lipinski definition) is 0. The smallest absolute Gasteiger partial charge is 0.0254 e. The van der Waals surface area contributed by atoms with Gasteiger partial charge in [0.25, 0.3) is 0 Å². The van der Waals surface area contributed by atoms with Crippen LogP contribution in [0.5, 0.6) is 0 Å². The molecule has 0 bridgehead atoms. The van der Waals surface area contributed by atoms with Gasteiger partial charge in [-0.05, 0) is 36.8 Å². The van der Waals surface area contributed by atoms with Gasteiger partial charge in [-0.3, -0.25) is 0 Å². The molecule has 0 spiro atoms. The first-order chi connectivity index (χ1) is 9.77. The van der Waals surface area contributed by atoms with Gasteiger partial charge >= 0.3 is 0 Å². The van der Waals surface area contributed by atoms with E-state index in [9.17, 15) is 0 Å². The molecular formula is C19H31Cl. The maximum atomic E-state index is 6.15. The van der Waals surface area contributed by atoms with Gasteiger partial charge in [-0.2, -0.15) is 0 Å². The second kappa shape index (κ2) is 11.2. The fourth-order valence-corrected chi connectivity index (χ4v) is 3.04. The van der Waals surface area contributed by atoms with Gasteiger partial charge in [0.15, 0.2) is 0 Å². The molecule has 1 aromatic carbocycles. The zero-order chi connectivity index (χ0) is 14.6. The van der Waals surface area contributed by atoms with Crippen LogP contribution in [0.1, 0.15) is 69.4 Å². The normalized spacial score (nSPS) is 12.6. The van der Waals surface area contributed by atoms with Gasteiger partial charge in [-0.1, -0.05) is 76.1 Å². The molecule has 1 unspecified atom stereocenters. The number of benzene rings is 1. The third-order valence-electron chi connectivity index (χ3n) is 4.20. The third-order valence-corrected chi connectivity index (χ3v) is 4.64. The Hall–Kier alpha value is -0.490. The molecule has 0 aromatic heterocycles. The van der Waals surface area contributed by atoms with Crippen LogP contribution in [0, 0.1) is 12.8 Å². The first kappa shape index (κ1) is 17.6. The maximum absolute atomic E-state index is 6.15. The van der Waals surface area contributed by atoms with Crippen LogP contribution in [0.25, 0.3) is 0 Å². The molecule has 0 amide bonds. The molecule has 1 atom stereocenters. The van der Waals surface area contributed by atoms with E-state index in [1.807, 2.05) is 0 Å². The molecule has 1 rings (SSSR count). The zero-order valence-electron chi connectivity index (χ0n) is 13.3. The van der Waals surface area contributed by atoms with Gasteiger partial charge in [0.05, 0.1) is 0 Å². The Bertz CT molecular complexity index is 345. The van der Waals surface area contributed by atoms with Crippen LogP contribution in [-0.2, 0) is 6.42 Å². The Morgan fingerprint density at radius 1 is 0.950 bits per heavy atom. The summed E-state index contributed by atoms with van der Waals surface area (Å²) in [5.41, 5.74) is 2.88. The lowest BCUT2D eigenvalue weighted by Crippen LogP contribution is -2.07. The summed E-state index contributed by atoms with van der Waals surface area (Å²) in [6, 6.07) is 8.71. The summed E-state index contributed by atoms with van der Waals surface area (Å²) in [6.07, 6.45) is 12.1. The monoisotopic (exact) mass is 294 g/mol. The van der Waals surface area contributed by atoms with Crippen LogP contribution < -0.4 is 0 Å². The largest absolute Gasteiger partial charge is 0.126 e. The number of rotatable bonds is 11. The molecule has 114 valence electrons. The van der Waals surface area contributed by atoms with E-state index in [4.69, 9.17) is 11.6 Å². The number of unbranched alkanes of at least 4 members (excludes halogenated alkanes) is 6. The summed E-state index contributed by atoms with van der Waals surface area (Å²) in [7, 11) is 0. The van der Waals surface area contributed by atoms with Crippen molar-refractivity contribution in [3.8, 4) is 0 Å². The number of halogens is 1. The Kier molecular flexibility index (Phi) is 9.83. The number of hydrogen-bond acceptors (Lipinski definition) is 0. The van der Waals surface area contributed by atoms with E-state index in [-0.39, 0.29) is 0 Å². The minimum atomic E-state index is 0.647. The molecule has 0 heterocycles. The highest BCUT2D eigenvalue weighted by molar-refractivity contribution is 6.18. The maximum Gasteiger partial charge on any atom is 0.0254 e. The summed E-state index contributed by atoms with van der Waals surface area (Å²) in [5, 5.41) is 0. The molecular weight excluding hydrogens is 264 g/mol. The van der Waals surface area contributed by atoms with E-state index in [1.165, 1.54) is 62.5 Å². The summed E-state index contributed by atoms with van der Waals surface area (Å²) in [5.74, 6) is 1.44. The van der Waals surface area contributed by atoms with Gasteiger partial charge in [0.2, 0.25) is 0 Å². The van der Waals surface area contributed by atoms with Gasteiger partial charge < -0.3 is 0 Å². The molecule has 0 saturated carbocycles. The van der Waals surface area contributed by atoms with Crippen molar-refractivity contribution in [2.24, 2.45) is 5.92 Å². The quantitative estimate of drug-likeness (QED) is 0.321. The molecule has 0 aliphatic rings. The van der Waals surface area contributed by atoms with Crippen molar-refractivity contribution >= 4 is 11.6 Å². The van der Waals surface area contributed by atoms with Crippen LogP contribution in [0.15, 0.2) is 24.3 Å². The number of alkyl halides is 1. The van der Waals surface area contributed by atoms with Crippen LogP contribution in [-0.4, -0.2) is 5.88 Å². The standard InChI is InChI=1S/C19H31Cl/c1-3-4-5-6-7-8-9-13-18(16-20)15-19-14-11-10-12-17(19)2/h10-12,14,18H,3-9,13,15-16H2,1-2H3. The van der Waals surface area contributed by atoms with Crippen molar-refractivity contribution in [1.29, 1.82) is 0 Å². The van der Waals surface area contributed by atoms with Crippen LogP contribution in [0.2, 0.25) is 0 Å². The molecule has 0 aliphatic carbocycles. The van der Waals surface area contributed by atoms with Crippen molar-refractivity contribution in [3.63, 3.8) is 0 Å². The minimum Gasteiger partial charge on any atom is -0.126 e. The fraction of sp³-hybridized carbons (Fsp3) is 0.684. The van der Waals surface area contributed by atoms with E-state index < -0.39 is 0 Å². The average molecular weight is 295 g/mol. The molecule has 0 fully saturated rings. The Morgan fingerprint density at radius 2 is 1.60 bits per heavy atom. The van der Waals surface area contributed by atoms with Crippen molar-refractivity contribution in [2.75, 3.05) is 5.88 Å². The highest BCUT2D eigenvalue weighted by Gasteiger charge is 2.09. The van der Waals surface area contributed by atoms with Crippen molar-refractivity contribution in [1.82, 2.24) is 0 Å². The third kappa shape index (κ3) is 7.33. The summed E-state index contributed by atoms with van der Waals surface area (Å²) >= 11 is 6.15. The first-order valence-corrected chi connectivity index (χ1v) is 8.91. The second-order valence-corrected chi connectivity index (χ2v) is 6.37. The fourth-order valence-electron chi connectivity index (χ4n) is 2.77. The van der Waals surface area contributed by atoms with E-state index >= 15 is 0 Å². The SMILES string of the molecule is CCCCCCCCCC(CCl)Cc1ccccc1C. The lowest BCUT2D eigenvalue weighted by Gasteiger charge is -2.15. The van der Waals surface area contributed by atoms with Crippen LogP contribution in [0.4, 0.5) is 0 Å². The Balaban J connectivity index is 2.18. The predicted octanol–water partition coefficient (Wildman–Crippen LogP) is 6.53. The highest BCUT2D eigenvalue weighted by atomic mass is 35.5. The van der Waals surface area contributed by atoms with Crippen molar-refractivity contribution < 1.29 is 0 Å². The molecule has 0 aliphatic heterocycles. The second-order valence-electron chi connectivity index (χ2n) is 6.06. The molecule has 0 N–H and O–H groups in total. The molecule has 0 radical (unpaired) electrons. The molecule has 1 heteroatoms. The average Bonchev–Trinajstić information content (AvgIpc) is 2.47. The first-order valence-electron chi connectivity index (χ1n) is 8.38. The van der Waals surface area contributed by atoms with Gasteiger partial charge in [-0.15, -0.1) is 11.6 Å². The topological polar surface area (TPSA) is 0 Å². The lowest BCUT2D eigenvalue weighted by molar-refractivity contribution is 0.483. The van der Waals surface area contributed by atoms with Gasteiger partial charge in [0.1, 0.15) is 0 Å². The van der Waals surface area contributed by atoms with Gasteiger partial charge in [-0.25, -0.2) is 0 Å². The Morgan fingerprint density at radius 3 is 2.25 bits per heavy atom. The lowest BCUT2D eigenvalue weighted by atomic mass is 9.93. The van der Waals surface area contributed by atoms with Crippen molar-refractivity contribution in [2.45, 2.75) is 71.6 Å². The van der Waals surface area contributed by atoms with E-state index in [0.717, 1.165) is 12.3 Å². The summed E-state index contributed by atoms with van der Waals surface area (Å²) in [4.78, 5) is 0. The summed E-state index contributed by atoms with van der Waals surface area (Å²) < 4.78 is 0. The van der Waals surface area contributed by atoms with Gasteiger partial charge in [0, 0.05) is 5.88 Å². The molecule has 0 saturated heterocycles. The van der Waals surface area contributed by atoms with E-state index in [1.54, 1.807) is 0 Å². The van der Waals surface area contributed by atoms with E-state index in [0.29, 0.717) is 5.92 Å². The molecule has 0 nitrogen and oxygen atoms in total. The zero-order valence-corrected chi connectivity index (χ0v) is 14.1. The highest BCUT2D eigenvalue weighted by Crippen LogP contribution is 2.20. The predicted molar refractivity (Wildman–Crippen MR) is 91.7 cm³/mol.